The number of carbonyl (C=O) groups is 1. The van der Waals surface area contributed by atoms with Crippen LogP contribution in [-0.2, 0) is 35.1 Å². The number of methoxy groups -OCH3 is 1. The van der Waals surface area contributed by atoms with Crippen LogP contribution in [0, 0.1) is 0 Å². The van der Waals surface area contributed by atoms with E-state index in [-0.39, 0.29) is 5.44 Å². The SMILES string of the molecule is CCS[C@@H]1OC(C(=O)OC)[C@@H]2O[C@@H](c3ccccc3)O[C@@H]2C1OCc1ccccc1. The number of fused-ring (bicyclic) bond motifs is 1. The molecule has 6 atom stereocenters. The molecule has 0 N–H and O–H groups in total. The highest BCUT2D eigenvalue weighted by Crippen LogP contribution is 2.42. The van der Waals surface area contributed by atoms with Crippen LogP contribution in [0.4, 0.5) is 0 Å². The Bertz CT molecular complexity index is 817. The van der Waals surface area contributed by atoms with Crippen molar-refractivity contribution in [2.24, 2.45) is 0 Å². The second kappa shape index (κ2) is 9.94. The summed E-state index contributed by atoms with van der Waals surface area (Å²) in [6, 6.07) is 19.6. The third-order valence-corrected chi connectivity index (χ3v) is 6.22. The Labute approximate surface area is 180 Å². The fourth-order valence-corrected chi connectivity index (χ4v) is 4.70. The van der Waals surface area contributed by atoms with Crippen molar-refractivity contribution in [3.05, 3.63) is 71.8 Å². The molecule has 160 valence electrons. The van der Waals surface area contributed by atoms with Gasteiger partial charge in [-0.05, 0) is 11.3 Å². The van der Waals surface area contributed by atoms with E-state index in [0.717, 1.165) is 16.9 Å². The van der Waals surface area contributed by atoms with Crippen LogP contribution in [0.15, 0.2) is 60.7 Å². The highest BCUT2D eigenvalue weighted by molar-refractivity contribution is 7.99. The molecule has 0 bridgehead atoms. The minimum absolute atomic E-state index is 0.373. The Balaban J connectivity index is 1.59. The van der Waals surface area contributed by atoms with Gasteiger partial charge in [-0.1, -0.05) is 67.6 Å². The van der Waals surface area contributed by atoms with Gasteiger partial charge in [-0.15, -0.1) is 11.8 Å². The molecular weight excluding hydrogens is 404 g/mol. The fourth-order valence-electron chi connectivity index (χ4n) is 3.75. The molecule has 2 aromatic rings. The van der Waals surface area contributed by atoms with Gasteiger partial charge in [0.15, 0.2) is 12.4 Å². The van der Waals surface area contributed by atoms with Gasteiger partial charge in [-0.2, -0.15) is 0 Å². The molecule has 2 fully saturated rings. The van der Waals surface area contributed by atoms with Crippen LogP contribution in [0.5, 0.6) is 0 Å². The number of ether oxygens (including phenoxy) is 5. The number of hydrogen-bond acceptors (Lipinski definition) is 7. The van der Waals surface area contributed by atoms with Crippen molar-refractivity contribution in [3.8, 4) is 0 Å². The minimum atomic E-state index is -0.866. The zero-order valence-corrected chi connectivity index (χ0v) is 17.8. The molecule has 2 aliphatic rings. The average Bonchev–Trinajstić information content (AvgIpc) is 3.24. The Morgan fingerprint density at radius 1 is 0.967 bits per heavy atom. The average molecular weight is 431 g/mol. The van der Waals surface area contributed by atoms with Crippen LogP contribution in [0.1, 0.15) is 24.3 Å². The molecule has 6 nitrogen and oxygen atoms in total. The largest absolute Gasteiger partial charge is 0.467 e. The van der Waals surface area contributed by atoms with E-state index in [1.165, 1.54) is 7.11 Å². The summed E-state index contributed by atoms with van der Waals surface area (Å²) in [5.74, 6) is 0.343. The normalized spacial score (nSPS) is 30.6. The van der Waals surface area contributed by atoms with Crippen LogP contribution in [0.3, 0.4) is 0 Å². The third-order valence-electron chi connectivity index (χ3n) is 5.18. The quantitative estimate of drug-likeness (QED) is 0.621. The van der Waals surface area contributed by atoms with Crippen molar-refractivity contribution < 1.29 is 28.5 Å². The maximum absolute atomic E-state index is 12.5. The lowest BCUT2D eigenvalue weighted by Gasteiger charge is -2.40. The zero-order chi connectivity index (χ0) is 20.9. The van der Waals surface area contributed by atoms with E-state index < -0.39 is 36.7 Å². The number of carbonyl (C=O) groups excluding carboxylic acids is 1. The van der Waals surface area contributed by atoms with Gasteiger partial charge in [0.2, 0.25) is 0 Å². The number of esters is 1. The summed E-state index contributed by atoms with van der Waals surface area (Å²) in [5.41, 5.74) is 1.57. The summed E-state index contributed by atoms with van der Waals surface area (Å²) in [6.07, 6.45) is -2.92. The lowest BCUT2D eigenvalue weighted by atomic mass is 9.99. The first kappa shape index (κ1) is 21.3. The molecule has 0 radical (unpaired) electrons. The smallest absolute Gasteiger partial charge is 0.337 e. The minimum Gasteiger partial charge on any atom is -0.467 e. The van der Waals surface area contributed by atoms with Crippen LogP contribution >= 0.6 is 11.8 Å². The van der Waals surface area contributed by atoms with Crippen LogP contribution < -0.4 is 0 Å². The number of thioether (sulfide) groups is 1. The first-order valence-corrected chi connectivity index (χ1v) is 11.1. The first-order valence-electron chi connectivity index (χ1n) is 10.1. The molecule has 2 aliphatic heterocycles. The van der Waals surface area contributed by atoms with E-state index in [0.29, 0.717) is 6.61 Å². The highest BCUT2D eigenvalue weighted by Gasteiger charge is 2.56. The molecule has 0 amide bonds. The maximum atomic E-state index is 12.5. The Morgan fingerprint density at radius 2 is 1.63 bits per heavy atom. The predicted molar refractivity (Wildman–Crippen MR) is 113 cm³/mol. The van der Waals surface area contributed by atoms with E-state index in [1.807, 2.05) is 67.6 Å². The molecule has 0 spiro atoms. The van der Waals surface area contributed by atoms with Gasteiger partial charge in [-0.25, -0.2) is 4.79 Å². The van der Waals surface area contributed by atoms with Crippen molar-refractivity contribution in [2.45, 2.75) is 49.7 Å². The number of hydrogen-bond donors (Lipinski definition) is 0. The number of benzene rings is 2. The van der Waals surface area contributed by atoms with E-state index >= 15 is 0 Å². The maximum Gasteiger partial charge on any atom is 0.337 e. The molecule has 2 saturated heterocycles. The number of rotatable bonds is 7. The summed E-state index contributed by atoms with van der Waals surface area (Å²) in [6.45, 7) is 2.46. The molecule has 0 saturated carbocycles. The second-order valence-electron chi connectivity index (χ2n) is 7.11. The zero-order valence-electron chi connectivity index (χ0n) is 17.0. The van der Waals surface area contributed by atoms with Gasteiger partial charge in [0.05, 0.1) is 13.7 Å². The Hall–Kier alpha value is -1.90. The van der Waals surface area contributed by atoms with Crippen molar-refractivity contribution in [2.75, 3.05) is 12.9 Å². The predicted octanol–water partition coefficient (Wildman–Crippen LogP) is 3.71. The van der Waals surface area contributed by atoms with Gasteiger partial charge in [0.1, 0.15) is 23.7 Å². The first-order chi connectivity index (χ1) is 14.7. The Morgan fingerprint density at radius 3 is 2.30 bits per heavy atom. The summed E-state index contributed by atoms with van der Waals surface area (Å²) < 4.78 is 29.9. The van der Waals surface area contributed by atoms with Crippen molar-refractivity contribution in [3.63, 3.8) is 0 Å². The summed E-state index contributed by atoms with van der Waals surface area (Å²) in [7, 11) is 1.35. The Kier molecular flexibility index (Phi) is 7.07. The molecule has 30 heavy (non-hydrogen) atoms. The summed E-state index contributed by atoms with van der Waals surface area (Å²) in [5, 5.41) is 0. The van der Waals surface area contributed by atoms with Crippen molar-refractivity contribution in [1.82, 2.24) is 0 Å². The topological polar surface area (TPSA) is 63.2 Å². The van der Waals surface area contributed by atoms with Crippen LogP contribution in [-0.4, -0.2) is 48.7 Å². The monoisotopic (exact) mass is 430 g/mol. The molecule has 2 unspecified atom stereocenters. The molecule has 2 aromatic carbocycles. The molecular formula is C23H26O6S. The third kappa shape index (κ3) is 4.55. The lowest BCUT2D eigenvalue weighted by Crippen LogP contribution is -2.58. The standard InChI is InChI=1S/C23H26O6S/c1-3-30-23-20(26-14-15-10-6-4-7-11-15)18-17(19(29-23)21(24)25-2)27-22(28-18)16-12-8-5-9-13-16/h4-13,17-20,22-23H,3,14H2,1-2H3/t17-,18+,19?,20?,22-,23+/m1/s1. The molecule has 7 heteroatoms. The van der Waals surface area contributed by atoms with Crippen LogP contribution in [0.2, 0.25) is 0 Å². The van der Waals surface area contributed by atoms with Gasteiger partial charge < -0.3 is 23.7 Å². The lowest BCUT2D eigenvalue weighted by molar-refractivity contribution is -0.198. The molecule has 4 rings (SSSR count). The molecule has 2 heterocycles. The van der Waals surface area contributed by atoms with Gasteiger partial charge in [-0.3, -0.25) is 0 Å². The van der Waals surface area contributed by atoms with Gasteiger partial charge >= 0.3 is 5.97 Å². The van der Waals surface area contributed by atoms with Gasteiger partial charge in [0.25, 0.3) is 0 Å². The molecule has 0 aromatic heterocycles. The van der Waals surface area contributed by atoms with Crippen molar-refractivity contribution in [1.29, 1.82) is 0 Å². The van der Waals surface area contributed by atoms with E-state index in [2.05, 4.69) is 0 Å². The van der Waals surface area contributed by atoms with E-state index in [1.54, 1.807) is 11.8 Å². The fraction of sp³-hybridized carbons (Fsp3) is 0.435. The second-order valence-corrected chi connectivity index (χ2v) is 8.48. The summed E-state index contributed by atoms with van der Waals surface area (Å²) >= 11 is 1.58. The highest BCUT2D eigenvalue weighted by atomic mass is 32.2. The van der Waals surface area contributed by atoms with E-state index in [4.69, 9.17) is 23.7 Å². The molecule has 0 aliphatic carbocycles. The van der Waals surface area contributed by atoms with Crippen LogP contribution in [0.25, 0.3) is 0 Å². The van der Waals surface area contributed by atoms with Crippen molar-refractivity contribution >= 4 is 17.7 Å². The summed E-state index contributed by atoms with van der Waals surface area (Å²) in [4.78, 5) is 12.5. The van der Waals surface area contributed by atoms with Gasteiger partial charge in [0, 0.05) is 5.56 Å². The van der Waals surface area contributed by atoms with E-state index in [9.17, 15) is 4.79 Å².